The van der Waals surface area contributed by atoms with E-state index in [4.69, 9.17) is 0 Å². The van der Waals surface area contributed by atoms with Gasteiger partial charge in [0.15, 0.2) is 0 Å². The summed E-state index contributed by atoms with van der Waals surface area (Å²) in [6.45, 7) is 1.45. The molecule has 0 aliphatic rings. The van der Waals surface area contributed by atoms with Gasteiger partial charge in [-0.3, -0.25) is 0 Å². The van der Waals surface area contributed by atoms with Crippen molar-refractivity contribution in [3.8, 4) is 0 Å². The second kappa shape index (κ2) is 4.64. The SMILES string of the molecule is Cc1[c]ccc(SC(F)(F)C(F)(F)C(F)(F)F)c1. The van der Waals surface area contributed by atoms with Crippen LogP contribution in [-0.4, -0.2) is 17.4 Å². The first kappa shape index (κ1) is 15.1. The summed E-state index contributed by atoms with van der Waals surface area (Å²) in [5, 5.41) is -5.28. The zero-order valence-corrected chi connectivity index (χ0v) is 9.60. The number of hydrogen-bond acceptors (Lipinski definition) is 1. The lowest BCUT2D eigenvalue weighted by Gasteiger charge is -2.27. The summed E-state index contributed by atoms with van der Waals surface area (Å²) in [7, 11) is 0. The molecule has 0 aliphatic heterocycles. The zero-order valence-electron chi connectivity index (χ0n) is 8.79. The second-order valence-corrected chi connectivity index (χ2v) is 4.59. The van der Waals surface area contributed by atoms with Crippen molar-refractivity contribution < 1.29 is 30.7 Å². The van der Waals surface area contributed by atoms with Gasteiger partial charge in [-0.1, -0.05) is 6.07 Å². The highest BCUT2D eigenvalue weighted by molar-refractivity contribution is 8.00. The van der Waals surface area contributed by atoms with Crippen LogP contribution in [0.4, 0.5) is 30.7 Å². The van der Waals surface area contributed by atoms with Crippen molar-refractivity contribution in [1.29, 1.82) is 0 Å². The van der Waals surface area contributed by atoms with E-state index >= 15 is 0 Å². The third-order valence-electron chi connectivity index (χ3n) is 1.88. The van der Waals surface area contributed by atoms with Crippen LogP contribution >= 0.6 is 11.8 Å². The molecule has 0 atom stereocenters. The van der Waals surface area contributed by atoms with Gasteiger partial charge in [0.05, 0.1) is 0 Å². The molecule has 1 aromatic carbocycles. The molecule has 1 radical (unpaired) electrons. The van der Waals surface area contributed by atoms with Crippen molar-refractivity contribution >= 4 is 11.8 Å². The first-order valence-corrected chi connectivity index (χ1v) is 5.29. The first-order chi connectivity index (χ1) is 7.97. The predicted octanol–water partition coefficient (Wildman–Crippen LogP) is 4.68. The molecule has 0 bridgehead atoms. The molecule has 0 aromatic heterocycles. The van der Waals surface area contributed by atoms with E-state index in [9.17, 15) is 30.7 Å². The number of alkyl halides is 7. The molecule has 0 amide bonds. The summed E-state index contributed by atoms with van der Waals surface area (Å²) in [5.41, 5.74) is 0.353. The van der Waals surface area contributed by atoms with Crippen molar-refractivity contribution in [3.63, 3.8) is 0 Å². The molecule has 0 aliphatic carbocycles. The van der Waals surface area contributed by atoms with Gasteiger partial charge in [0.25, 0.3) is 0 Å². The van der Waals surface area contributed by atoms with Crippen LogP contribution in [0.2, 0.25) is 0 Å². The maximum absolute atomic E-state index is 13.0. The van der Waals surface area contributed by atoms with Crippen LogP contribution in [0.1, 0.15) is 5.56 Å². The van der Waals surface area contributed by atoms with Gasteiger partial charge in [-0.05, 0) is 42.4 Å². The van der Waals surface area contributed by atoms with E-state index in [-0.39, 0.29) is 4.90 Å². The molecule has 0 heterocycles. The Morgan fingerprint density at radius 1 is 1.06 bits per heavy atom. The number of rotatable bonds is 3. The van der Waals surface area contributed by atoms with Gasteiger partial charge in [-0.15, -0.1) is 0 Å². The fourth-order valence-electron chi connectivity index (χ4n) is 0.999. The molecule has 0 unspecified atom stereocenters. The monoisotopic (exact) mass is 291 g/mol. The Morgan fingerprint density at radius 2 is 1.61 bits per heavy atom. The highest BCUT2D eigenvalue weighted by Gasteiger charge is 2.73. The first-order valence-electron chi connectivity index (χ1n) is 4.47. The lowest BCUT2D eigenvalue weighted by molar-refractivity contribution is -0.330. The van der Waals surface area contributed by atoms with Gasteiger partial charge in [0.1, 0.15) is 0 Å². The van der Waals surface area contributed by atoms with Crippen molar-refractivity contribution in [2.75, 3.05) is 0 Å². The number of benzene rings is 1. The average molecular weight is 291 g/mol. The lowest BCUT2D eigenvalue weighted by atomic mass is 10.2. The molecule has 0 nitrogen and oxygen atoms in total. The Hall–Kier alpha value is -0.920. The van der Waals surface area contributed by atoms with Crippen LogP contribution in [0.5, 0.6) is 0 Å². The zero-order chi connectivity index (χ0) is 14.2. The van der Waals surface area contributed by atoms with Gasteiger partial charge >= 0.3 is 17.4 Å². The standard InChI is InChI=1S/C10H6F7S/c1-6-3-2-4-7(5-6)18-10(16,17)8(11,12)9(13,14)15/h2,4-5H,1H3. The maximum Gasteiger partial charge on any atom is 0.460 e. The lowest BCUT2D eigenvalue weighted by Crippen LogP contribution is -2.49. The fourth-order valence-corrected chi connectivity index (χ4v) is 1.91. The molecule has 1 aromatic rings. The number of hydrogen-bond donors (Lipinski definition) is 0. The molecular weight excluding hydrogens is 285 g/mol. The second-order valence-electron chi connectivity index (χ2n) is 3.40. The smallest absolute Gasteiger partial charge is 0.188 e. The molecule has 0 saturated heterocycles. The summed E-state index contributed by atoms with van der Waals surface area (Å²) in [6, 6.07) is 5.76. The summed E-state index contributed by atoms with van der Waals surface area (Å²) < 4.78 is 86.8. The highest BCUT2D eigenvalue weighted by Crippen LogP contribution is 2.53. The summed E-state index contributed by atoms with van der Waals surface area (Å²) >= 11 is -0.829. The minimum atomic E-state index is -6.31. The minimum absolute atomic E-state index is 0.353. The summed E-state index contributed by atoms with van der Waals surface area (Å²) in [6.07, 6.45) is -6.31. The van der Waals surface area contributed by atoms with Gasteiger partial charge in [-0.25, -0.2) is 0 Å². The Balaban J connectivity index is 3.01. The summed E-state index contributed by atoms with van der Waals surface area (Å²) in [5.74, 6) is -6.10. The molecule has 0 N–H and O–H groups in total. The minimum Gasteiger partial charge on any atom is -0.188 e. The van der Waals surface area contributed by atoms with Crippen LogP contribution < -0.4 is 0 Å². The molecule has 0 saturated carbocycles. The molecule has 1 rings (SSSR count). The van der Waals surface area contributed by atoms with Crippen LogP contribution in [0.3, 0.4) is 0 Å². The van der Waals surface area contributed by atoms with E-state index in [1.54, 1.807) is 0 Å². The Bertz CT molecular complexity index is 424. The average Bonchev–Trinajstić information content (AvgIpc) is 2.14. The van der Waals surface area contributed by atoms with Crippen molar-refractivity contribution in [2.24, 2.45) is 0 Å². The molecular formula is C10H6F7S. The topological polar surface area (TPSA) is 0 Å². The molecule has 0 fully saturated rings. The van der Waals surface area contributed by atoms with Crippen LogP contribution in [-0.2, 0) is 0 Å². The van der Waals surface area contributed by atoms with Gasteiger partial charge in [0.2, 0.25) is 0 Å². The molecule has 101 valence electrons. The van der Waals surface area contributed by atoms with E-state index in [0.717, 1.165) is 12.1 Å². The summed E-state index contributed by atoms with van der Waals surface area (Å²) in [4.78, 5) is -0.389. The van der Waals surface area contributed by atoms with E-state index in [0.29, 0.717) is 5.56 Å². The van der Waals surface area contributed by atoms with E-state index in [1.165, 1.54) is 13.0 Å². The number of aryl methyl sites for hydroxylation is 1. The number of thioether (sulfide) groups is 1. The van der Waals surface area contributed by atoms with Crippen molar-refractivity contribution in [1.82, 2.24) is 0 Å². The maximum atomic E-state index is 13.0. The quantitative estimate of drug-likeness (QED) is 0.575. The van der Waals surface area contributed by atoms with E-state index in [2.05, 4.69) is 6.07 Å². The third kappa shape index (κ3) is 2.90. The largest absolute Gasteiger partial charge is 0.460 e. The molecule has 8 heteroatoms. The van der Waals surface area contributed by atoms with Gasteiger partial charge in [-0.2, -0.15) is 30.7 Å². The highest BCUT2D eigenvalue weighted by atomic mass is 32.2. The predicted molar refractivity (Wildman–Crippen MR) is 51.8 cm³/mol. The Morgan fingerprint density at radius 3 is 2.06 bits per heavy atom. The van der Waals surface area contributed by atoms with Crippen LogP contribution in [0.25, 0.3) is 0 Å². The Kier molecular flexibility index (Phi) is 3.90. The van der Waals surface area contributed by atoms with Gasteiger partial charge in [0, 0.05) is 4.90 Å². The molecule has 18 heavy (non-hydrogen) atoms. The fraction of sp³-hybridized carbons (Fsp3) is 0.400. The normalized spacial score (nSPS) is 13.8. The van der Waals surface area contributed by atoms with Crippen LogP contribution in [0.15, 0.2) is 23.1 Å². The third-order valence-corrected chi connectivity index (χ3v) is 2.89. The van der Waals surface area contributed by atoms with E-state index < -0.39 is 29.1 Å². The number of halogens is 7. The van der Waals surface area contributed by atoms with Crippen molar-refractivity contribution in [2.45, 2.75) is 29.2 Å². The molecule has 0 spiro atoms. The van der Waals surface area contributed by atoms with Crippen molar-refractivity contribution in [3.05, 3.63) is 29.8 Å². The van der Waals surface area contributed by atoms with Gasteiger partial charge < -0.3 is 0 Å². The van der Waals surface area contributed by atoms with E-state index in [1.807, 2.05) is 0 Å². The van der Waals surface area contributed by atoms with Crippen LogP contribution in [0, 0.1) is 13.0 Å². The Labute approximate surface area is 102 Å².